The van der Waals surface area contributed by atoms with Crippen molar-refractivity contribution in [2.75, 3.05) is 13.1 Å². The van der Waals surface area contributed by atoms with Gasteiger partial charge >= 0.3 is 0 Å². The lowest BCUT2D eigenvalue weighted by atomic mass is 9.82. The highest BCUT2D eigenvalue weighted by Crippen LogP contribution is 2.32. The molecule has 1 aromatic rings. The van der Waals surface area contributed by atoms with E-state index in [1.807, 2.05) is 13.8 Å². The zero-order valence-corrected chi connectivity index (χ0v) is 12.6. The molecule has 0 aromatic heterocycles. The predicted molar refractivity (Wildman–Crippen MR) is 74.8 cm³/mol. The molecule has 0 saturated carbocycles. The molecule has 1 aromatic carbocycles. The number of carbonyl (C=O) groups is 1. The Morgan fingerprint density at radius 2 is 2.11 bits per heavy atom. The highest BCUT2D eigenvalue weighted by Gasteiger charge is 2.46. The summed E-state index contributed by atoms with van der Waals surface area (Å²) in [5, 5.41) is 10.6. The minimum Gasteiger partial charge on any atom is -0.386 e. The molecule has 18 heavy (non-hydrogen) atoms. The van der Waals surface area contributed by atoms with E-state index in [1.54, 1.807) is 23.1 Å². The maximum Gasteiger partial charge on any atom is 0.255 e. The summed E-state index contributed by atoms with van der Waals surface area (Å²) >= 11 is 9.39. The monoisotopic (exact) mass is 331 g/mol. The molecule has 2 rings (SSSR count). The van der Waals surface area contributed by atoms with Gasteiger partial charge in [-0.05, 0) is 34.0 Å². The Hall–Kier alpha value is -0.580. The Balaban J connectivity index is 2.13. The topological polar surface area (TPSA) is 40.5 Å². The predicted octanol–water partition coefficient (Wildman–Crippen LogP) is 2.95. The summed E-state index contributed by atoms with van der Waals surface area (Å²) in [5.74, 6) is 0.00570. The largest absolute Gasteiger partial charge is 0.386 e. The maximum atomic E-state index is 12.2. The van der Waals surface area contributed by atoms with Crippen molar-refractivity contribution in [1.82, 2.24) is 4.90 Å². The second-order valence-electron chi connectivity index (χ2n) is 5.02. The molecule has 98 valence electrons. The molecule has 0 radical (unpaired) electrons. The summed E-state index contributed by atoms with van der Waals surface area (Å²) in [6, 6.07) is 5.26. The Morgan fingerprint density at radius 3 is 2.67 bits per heavy atom. The molecule has 0 spiro atoms. The number of hydrogen-bond acceptors (Lipinski definition) is 2. The van der Waals surface area contributed by atoms with Crippen molar-refractivity contribution < 1.29 is 9.90 Å². The number of nitrogens with zero attached hydrogens (tertiary/aromatic N) is 1. The molecule has 1 heterocycles. The summed E-state index contributed by atoms with van der Waals surface area (Å²) in [6.45, 7) is 4.64. The summed E-state index contributed by atoms with van der Waals surface area (Å²) in [6.07, 6.45) is 0. The molecule has 0 aliphatic carbocycles. The molecular weight excluding hydrogens is 318 g/mol. The molecule has 1 aliphatic rings. The average Bonchev–Trinajstić information content (AvgIpc) is 2.27. The van der Waals surface area contributed by atoms with Crippen LogP contribution in [0.2, 0.25) is 5.02 Å². The first-order valence-corrected chi connectivity index (χ1v) is 6.98. The highest BCUT2D eigenvalue weighted by atomic mass is 79.9. The molecule has 1 saturated heterocycles. The summed E-state index contributed by atoms with van der Waals surface area (Å²) in [5.41, 5.74) is -0.287. The van der Waals surface area contributed by atoms with E-state index in [2.05, 4.69) is 15.9 Å². The number of carbonyl (C=O) groups excluding carboxylic acids is 1. The normalized spacial score (nSPS) is 17.8. The van der Waals surface area contributed by atoms with Crippen molar-refractivity contribution in [2.45, 2.75) is 19.4 Å². The van der Waals surface area contributed by atoms with E-state index in [1.165, 1.54) is 0 Å². The first kappa shape index (κ1) is 13.8. The first-order valence-electron chi connectivity index (χ1n) is 5.81. The van der Waals surface area contributed by atoms with Crippen molar-refractivity contribution in [3.63, 3.8) is 0 Å². The van der Waals surface area contributed by atoms with Gasteiger partial charge in [0.25, 0.3) is 5.91 Å². The lowest BCUT2D eigenvalue weighted by molar-refractivity contribution is -0.110. The van der Waals surface area contributed by atoms with Crippen LogP contribution in [-0.4, -0.2) is 34.6 Å². The number of aliphatic hydroxyl groups is 1. The third-order valence-corrected chi connectivity index (χ3v) is 4.77. The van der Waals surface area contributed by atoms with Gasteiger partial charge in [-0.1, -0.05) is 31.5 Å². The van der Waals surface area contributed by atoms with Crippen molar-refractivity contribution in [2.24, 2.45) is 5.92 Å². The smallest absolute Gasteiger partial charge is 0.255 e. The van der Waals surface area contributed by atoms with Crippen LogP contribution in [0, 0.1) is 5.92 Å². The van der Waals surface area contributed by atoms with Crippen LogP contribution in [-0.2, 0) is 0 Å². The third kappa shape index (κ3) is 2.29. The molecule has 0 bridgehead atoms. The van der Waals surface area contributed by atoms with Crippen LogP contribution in [0.4, 0.5) is 0 Å². The Labute approximate surface area is 120 Å². The third-order valence-electron chi connectivity index (χ3n) is 3.47. The SMILES string of the molecule is CC(C)C1(O)CN(C(=O)c2cccc(Br)c2Cl)C1. The van der Waals surface area contributed by atoms with Crippen LogP contribution in [0.1, 0.15) is 24.2 Å². The van der Waals surface area contributed by atoms with Crippen LogP contribution in [0.3, 0.4) is 0 Å². The quantitative estimate of drug-likeness (QED) is 0.904. The van der Waals surface area contributed by atoms with E-state index in [0.717, 1.165) is 0 Å². The van der Waals surface area contributed by atoms with Gasteiger partial charge in [0.15, 0.2) is 0 Å². The highest BCUT2D eigenvalue weighted by molar-refractivity contribution is 9.10. The Morgan fingerprint density at radius 1 is 1.50 bits per heavy atom. The maximum absolute atomic E-state index is 12.2. The molecular formula is C13H15BrClNO2. The van der Waals surface area contributed by atoms with Crippen molar-refractivity contribution in [1.29, 1.82) is 0 Å². The zero-order chi connectivity index (χ0) is 13.5. The molecule has 0 atom stereocenters. The van der Waals surface area contributed by atoms with Crippen LogP contribution < -0.4 is 0 Å². The van der Waals surface area contributed by atoms with E-state index < -0.39 is 5.60 Å². The van der Waals surface area contributed by atoms with Gasteiger partial charge in [0.1, 0.15) is 5.60 Å². The molecule has 1 N–H and O–H groups in total. The summed E-state index contributed by atoms with van der Waals surface area (Å²) in [7, 11) is 0. The van der Waals surface area contributed by atoms with Gasteiger partial charge in [0.2, 0.25) is 0 Å². The van der Waals surface area contributed by atoms with Gasteiger partial charge in [-0.3, -0.25) is 4.79 Å². The number of likely N-dealkylation sites (tertiary alicyclic amines) is 1. The van der Waals surface area contributed by atoms with Crippen molar-refractivity contribution >= 4 is 33.4 Å². The number of halogens is 2. The van der Waals surface area contributed by atoms with Gasteiger partial charge in [-0.2, -0.15) is 0 Å². The fourth-order valence-electron chi connectivity index (χ4n) is 1.96. The number of amides is 1. The van der Waals surface area contributed by atoms with Crippen LogP contribution in [0.5, 0.6) is 0 Å². The van der Waals surface area contributed by atoms with E-state index in [4.69, 9.17) is 11.6 Å². The molecule has 1 aliphatic heterocycles. The lowest BCUT2D eigenvalue weighted by Gasteiger charge is -2.49. The number of β-amino-alcohol motifs (C(OH)–C–C–N with tert-alkyl or cyclic N) is 1. The van der Waals surface area contributed by atoms with Gasteiger partial charge < -0.3 is 10.0 Å². The minimum absolute atomic E-state index is 0.133. The van der Waals surface area contributed by atoms with E-state index in [0.29, 0.717) is 28.1 Å². The Kier molecular flexibility index (Phi) is 3.72. The number of benzene rings is 1. The Bertz CT molecular complexity index is 484. The average molecular weight is 333 g/mol. The van der Waals surface area contributed by atoms with Crippen LogP contribution >= 0.6 is 27.5 Å². The van der Waals surface area contributed by atoms with Crippen molar-refractivity contribution in [3.05, 3.63) is 33.3 Å². The first-order chi connectivity index (χ1) is 8.35. The molecule has 3 nitrogen and oxygen atoms in total. The number of rotatable bonds is 2. The molecule has 0 unspecified atom stereocenters. The van der Waals surface area contributed by atoms with Gasteiger partial charge in [0.05, 0.1) is 23.7 Å². The standard InChI is InChI=1S/C13H15BrClNO2/c1-8(2)13(18)6-16(7-13)12(17)9-4-3-5-10(14)11(9)15/h3-5,8,18H,6-7H2,1-2H3. The summed E-state index contributed by atoms with van der Waals surface area (Å²) < 4.78 is 0.703. The van der Waals surface area contributed by atoms with E-state index in [-0.39, 0.29) is 11.8 Å². The fourth-order valence-corrected chi connectivity index (χ4v) is 2.54. The van der Waals surface area contributed by atoms with Gasteiger partial charge in [-0.15, -0.1) is 0 Å². The second kappa shape index (κ2) is 4.83. The van der Waals surface area contributed by atoms with Crippen molar-refractivity contribution in [3.8, 4) is 0 Å². The molecule has 5 heteroatoms. The molecule has 1 amide bonds. The summed E-state index contributed by atoms with van der Waals surface area (Å²) in [4.78, 5) is 13.8. The fraction of sp³-hybridized carbons (Fsp3) is 0.462. The lowest BCUT2D eigenvalue weighted by Crippen LogP contribution is -2.65. The van der Waals surface area contributed by atoms with Crippen LogP contribution in [0.25, 0.3) is 0 Å². The molecule has 1 fully saturated rings. The number of hydrogen-bond donors (Lipinski definition) is 1. The van der Waals surface area contributed by atoms with Gasteiger partial charge in [-0.25, -0.2) is 0 Å². The van der Waals surface area contributed by atoms with Crippen LogP contribution in [0.15, 0.2) is 22.7 Å². The minimum atomic E-state index is -0.756. The second-order valence-corrected chi connectivity index (χ2v) is 6.25. The zero-order valence-electron chi connectivity index (χ0n) is 10.3. The van der Waals surface area contributed by atoms with E-state index in [9.17, 15) is 9.90 Å². The van der Waals surface area contributed by atoms with E-state index >= 15 is 0 Å². The van der Waals surface area contributed by atoms with Gasteiger partial charge in [0, 0.05) is 4.47 Å².